The number of hydrogen-bond donors (Lipinski definition) is 1. The molecular formula is C20H23NO2. The molecule has 0 aliphatic carbocycles. The first kappa shape index (κ1) is 15.8. The van der Waals surface area contributed by atoms with Crippen molar-refractivity contribution in [2.24, 2.45) is 0 Å². The molecule has 0 saturated carbocycles. The van der Waals surface area contributed by atoms with E-state index in [2.05, 4.69) is 29.6 Å². The minimum atomic E-state index is -0.0299. The third-order valence-corrected chi connectivity index (χ3v) is 4.81. The van der Waals surface area contributed by atoms with Crippen molar-refractivity contribution in [2.45, 2.75) is 25.2 Å². The molecule has 0 unspecified atom stereocenters. The van der Waals surface area contributed by atoms with Gasteiger partial charge in [0.05, 0.1) is 0 Å². The Labute approximate surface area is 137 Å². The number of carbonyl (C=O) groups excluding carboxylic acids is 1. The second-order valence-corrected chi connectivity index (χ2v) is 6.26. The molecule has 2 aromatic rings. The predicted molar refractivity (Wildman–Crippen MR) is 91.7 cm³/mol. The molecule has 0 radical (unpaired) electrons. The molecule has 1 aliphatic heterocycles. The summed E-state index contributed by atoms with van der Waals surface area (Å²) in [6.45, 7) is 4.11. The van der Waals surface area contributed by atoms with E-state index in [1.807, 2.05) is 37.3 Å². The van der Waals surface area contributed by atoms with Crippen molar-refractivity contribution in [1.82, 2.24) is 5.32 Å². The molecule has 0 atom stereocenters. The van der Waals surface area contributed by atoms with E-state index in [4.69, 9.17) is 4.74 Å². The van der Waals surface area contributed by atoms with Crippen LogP contribution in [0.3, 0.4) is 0 Å². The van der Waals surface area contributed by atoms with E-state index in [0.717, 1.165) is 37.2 Å². The van der Waals surface area contributed by atoms with E-state index in [9.17, 15) is 4.79 Å². The minimum absolute atomic E-state index is 0.00454. The molecule has 0 aromatic heterocycles. The van der Waals surface area contributed by atoms with Crippen molar-refractivity contribution in [3.8, 4) is 0 Å². The molecule has 1 saturated heterocycles. The number of benzene rings is 2. The Morgan fingerprint density at radius 1 is 1.04 bits per heavy atom. The summed E-state index contributed by atoms with van der Waals surface area (Å²) >= 11 is 0. The Hall–Kier alpha value is -2.13. The fourth-order valence-electron chi connectivity index (χ4n) is 3.29. The second-order valence-electron chi connectivity index (χ2n) is 6.26. The Kier molecular flexibility index (Phi) is 4.77. The largest absolute Gasteiger partial charge is 0.381 e. The molecule has 3 rings (SSSR count). The summed E-state index contributed by atoms with van der Waals surface area (Å²) in [5.74, 6) is 0.00454. The topological polar surface area (TPSA) is 38.3 Å². The smallest absolute Gasteiger partial charge is 0.251 e. The fourth-order valence-corrected chi connectivity index (χ4v) is 3.29. The van der Waals surface area contributed by atoms with Crippen LogP contribution in [0.15, 0.2) is 54.6 Å². The maximum Gasteiger partial charge on any atom is 0.251 e. The molecule has 1 amide bonds. The highest BCUT2D eigenvalue weighted by Crippen LogP contribution is 2.34. The summed E-state index contributed by atoms with van der Waals surface area (Å²) in [5.41, 5.74) is 3.01. The van der Waals surface area contributed by atoms with Gasteiger partial charge in [0, 0.05) is 30.7 Å². The monoisotopic (exact) mass is 309 g/mol. The van der Waals surface area contributed by atoms with Crippen LogP contribution in [-0.2, 0) is 10.2 Å². The SMILES string of the molecule is Cc1ccccc1C(=O)NCC1(c2ccccc2)CCOCC1. The van der Waals surface area contributed by atoms with E-state index >= 15 is 0 Å². The number of amides is 1. The summed E-state index contributed by atoms with van der Waals surface area (Å²) in [6.07, 6.45) is 1.87. The first-order valence-electron chi connectivity index (χ1n) is 8.18. The van der Waals surface area contributed by atoms with Gasteiger partial charge in [-0.05, 0) is 37.0 Å². The lowest BCUT2D eigenvalue weighted by Crippen LogP contribution is -2.44. The van der Waals surface area contributed by atoms with Gasteiger partial charge in [-0.1, -0.05) is 48.5 Å². The van der Waals surface area contributed by atoms with Gasteiger partial charge >= 0.3 is 0 Å². The molecule has 1 fully saturated rings. The highest BCUT2D eigenvalue weighted by atomic mass is 16.5. The zero-order chi connectivity index (χ0) is 16.1. The van der Waals surface area contributed by atoms with Crippen LogP contribution in [0, 0.1) is 6.92 Å². The summed E-state index contributed by atoms with van der Waals surface area (Å²) in [4.78, 5) is 12.5. The van der Waals surface area contributed by atoms with Crippen molar-refractivity contribution in [3.63, 3.8) is 0 Å². The van der Waals surface area contributed by atoms with Gasteiger partial charge in [-0.3, -0.25) is 4.79 Å². The first-order valence-corrected chi connectivity index (χ1v) is 8.18. The lowest BCUT2D eigenvalue weighted by atomic mass is 9.74. The zero-order valence-corrected chi connectivity index (χ0v) is 13.5. The number of rotatable bonds is 4. The van der Waals surface area contributed by atoms with Crippen LogP contribution in [-0.4, -0.2) is 25.7 Å². The van der Waals surface area contributed by atoms with Crippen molar-refractivity contribution >= 4 is 5.91 Å². The molecule has 2 aromatic carbocycles. The van der Waals surface area contributed by atoms with Gasteiger partial charge in [0.25, 0.3) is 5.91 Å². The third kappa shape index (κ3) is 3.45. The van der Waals surface area contributed by atoms with Crippen LogP contribution in [0.2, 0.25) is 0 Å². The number of nitrogens with one attached hydrogen (secondary N) is 1. The number of ether oxygens (including phenoxy) is 1. The van der Waals surface area contributed by atoms with Gasteiger partial charge < -0.3 is 10.1 Å². The second kappa shape index (κ2) is 6.97. The molecule has 1 aliphatic rings. The molecule has 23 heavy (non-hydrogen) atoms. The van der Waals surface area contributed by atoms with Gasteiger partial charge in [-0.25, -0.2) is 0 Å². The summed E-state index contributed by atoms with van der Waals surface area (Å²) in [6, 6.07) is 18.2. The van der Waals surface area contributed by atoms with E-state index < -0.39 is 0 Å². The van der Waals surface area contributed by atoms with E-state index in [1.165, 1.54) is 5.56 Å². The van der Waals surface area contributed by atoms with Crippen molar-refractivity contribution in [2.75, 3.05) is 19.8 Å². The van der Waals surface area contributed by atoms with Crippen LogP contribution in [0.5, 0.6) is 0 Å². The van der Waals surface area contributed by atoms with E-state index in [0.29, 0.717) is 6.54 Å². The molecule has 0 spiro atoms. The molecular weight excluding hydrogens is 286 g/mol. The van der Waals surface area contributed by atoms with Crippen LogP contribution < -0.4 is 5.32 Å². The molecule has 1 heterocycles. The summed E-state index contributed by atoms with van der Waals surface area (Å²) in [7, 11) is 0. The van der Waals surface area contributed by atoms with Gasteiger partial charge in [0.15, 0.2) is 0 Å². The molecule has 3 nitrogen and oxygen atoms in total. The molecule has 0 bridgehead atoms. The number of carbonyl (C=O) groups is 1. The lowest BCUT2D eigenvalue weighted by molar-refractivity contribution is 0.0487. The van der Waals surface area contributed by atoms with Crippen LogP contribution in [0.4, 0.5) is 0 Å². The molecule has 3 heteroatoms. The quantitative estimate of drug-likeness (QED) is 0.939. The first-order chi connectivity index (χ1) is 11.2. The maximum atomic E-state index is 12.5. The van der Waals surface area contributed by atoms with E-state index in [1.54, 1.807) is 0 Å². The van der Waals surface area contributed by atoms with Crippen molar-refractivity contribution in [1.29, 1.82) is 0 Å². The van der Waals surface area contributed by atoms with Gasteiger partial charge in [0.2, 0.25) is 0 Å². The van der Waals surface area contributed by atoms with Crippen LogP contribution in [0.1, 0.15) is 34.3 Å². The summed E-state index contributed by atoms with van der Waals surface area (Å²) < 4.78 is 5.54. The standard InChI is InChI=1S/C20H23NO2/c1-16-7-5-6-10-18(16)19(22)21-15-20(11-13-23-14-12-20)17-8-3-2-4-9-17/h2-10H,11-15H2,1H3,(H,21,22). The third-order valence-electron chi connectivity index (χ3n) is 4.81. The molecule has 120 valence electrons. The van der Waals surface area contributed by atoms with Gasteiger partial charge in [-0.15, -0.1) is 0 Å². The Morgan fingerprint density at radius 2 is 1.70 bits per heavy atom. The van der Waals surface area contributed by atoms with Gasteiger partial charge in [0.1, 0.15) is 0 Å². The normalized spacial score (nSPS) is 16.7. The molecule has 1 N–H and O–H groups in total. The fraction of sp³-hybridized carbons (Fsp3) is 0.350. The maximum absolute atomic E-state index is 12.5. The van der Waals surface area contributed by atoms with E-state index in [-0.39, 0.29) is 11.3 Å². The average molecular weight is 309 g/mol. The highest BCUT2D eigenvalue weighted by molar-refractivity contribution is 5.95. The minimum Gasteiger partial charge on any atom is -0.381 e. The van der Waals surface area contributed by atoms with Crippen LogP contribution in [0.25, 0.3) is 0 Å². The Bertz CT molecular complexity index is 660. The average Bonchev–Trinajstić information content (AvgIpc) is 2.62. The highest BCUT2D eigenvalue weighted by Gasteiger charge is 2.34. The van der Waals surface area contributed by atoms with Crippen molar-refractivity contribution in [3.05, 3.63) is 71.3 Å². The van der Waals surface area contributed by atoms with Crippen LogP contribution >= 0.6 is 0 Å². The summed E-state index contributed by atoms with van der Waals surface area (Å²) in [5, 5.41) is 3.15. The van der Waals surface area contributed by atoms with Gasteiger partial charge in [-0.2, -0.15) is 0 Å². The number of aryl methyl sites for hydroxylation is 1. The predicted octanol–water partition coefficient (Wildman–Crippen LogP) is 3.47. The van der Waals surface area contributed by atoms with Crippen molar-refractivity contribution < 1.29 is 9.53 Å². The Balaban J connectivity index is 1.78. The Morgan fingerprint density at radius 3 is 2.39 bits per heavy atom. The lowest BCUT2D eigenvalue weighted by Gasteiger charge is -2.38. The zero-order valence-electron chi connectivity index (χ0n) is 13.5. The number of hydrogen-bond acceptors (Lipinski definition) is 2.